The van der Waals surface area contributed by atoms with Gasteiger partial charge in [0.1, 0.15) is 0 Å². The van der Waals surface area contributed by atoms with Gasteiger partial charge < -0.3 is 10.2 Å². The Kier molecular flexibility index (Phi) is 5.03. The maximum absolute atomic E-state index is 11.9. The zero-order valence-corrected chi connectivity index (χ0v) is 13.3. The summed E-state index contributed by atoms with van der Waals surface area (Å²) < 4.78 is 0. The first kappa shape index (κ1) is 15.0. The second-order valence-corrected chi connectivity index (χ2v) is 6.18. The molecule has 3 rings (SSSR count). The number of aromatic nitrogens is 1. The maximum Gasteiger partial charge on any atom is 0.225 e. The number of piperazine rings is 1. The zero-order chi connectivity index (χ0) is 15.2. The Bertz CT molecular complexity index is 579. The molecule has 0 radical (unpaired) electrons. The zero-order valence-electron chi connectivity index (χ0n) is 12.4. The van der Waals surface area contributed by atoms with Gasteiger partial charge in [-0.15, -0.1) is 11.3 Å². The van der Waals surface area contributed by atoms with E-state index in [1.165, 1.54) is 0 Å². The van der Waals surface area contributed by atoms with E-state index in [0.29, 0.717) is 6.42 Å². The Morgan fingerprint density at radius 3 is 2.64 bits per heavy atom. The molecule has 1 amide bonds. The van der Waals surface area contributed by atoms with E-state index in [0.717, 1.165) is 43.5 Å². The molecule has 1 fully saturated rings. The molecule has 0 spiro atoms. The lowest BCUT2D eigenvalue weighted by molar-refractivity contribution is -0.116. The standard InChI is InChI=1S/C16H20N4OS/c21-15(18-14-4-2-1-3-5-14)6-8-19-9-11-20(12-10-19)16-17-7-13-22-16/h1-5,7,13H,6,8-12H2,(H,18,21). The molecule has 1 aromatic carbocycles. The number of carbonyl (C=O) groups excluding carboxylic acids is 1. The Labute approximate surface area is 134 Å². The molecule has 1 saturated heterocycles. The number of para-hydroxylation sites is 1. The second-order valence-electron chi connectivity index (χ2n) is 5.31. The van der Waals surface area contributed by atoms with Crippen molar-refractivity contribution in [3.05, 3.63) is 41.9 Å². The lowest BCUT2D eigenvalue weighted by atomic mass is 10.2. The van der Waals surface area contributed by atoms with Crippen LogP contribution in [0.3, 0.4) is 0 Å². The summed E-state index contributed by atoms with van der Waals surface area (Å²) in [6, 6.07) is 9.61. The van der Waals surface area contributed by atoms with Crippen molar-refractivity contribution in [1.82, 2.24) is 9.88 Å². The largest absolute Gasteiger partial charge is 0.346 e. The van der Waals surface area contributed by atoms with Gasteiger partial charge in [-0.2, -0.15) is 0 Å². The summed E-state index contributed by atoms with van der Waals surface area (Å²) in [5.41, 5.74) is 0.862. The number of benzene rings is 1. The Balaban J connectivity index is 1.39. The van der Waals surface area contributed by atoms with Crippen molar-refractivity contribution in [2.45, 2.75) is 6.42 Å². The van der Waals surface area contributed by atoms with E-state index in [1.807, 2.05) is 41.9 Å². The van der Waals surface area contributed by atoms with E-state index < -0.39 is 0 Å². The number of carbonyl (C=O) groups is 1. The highest BCUT2D eigenvalue weighted by Gasteiger charge is 2.18. The van der Waals surface area contributed by atoms with Crippen molar-refractivity contribution in [3.63, 3.8) is 0 Å². The smallest absolute Gasteiger partial charge is 0.225 e. The first-order valence-electron chi connectivity index (χ1n) is 7.53. The molecule has 1 aliphatic heterocycles. The Hall–Kier alpha value is -1.92. The van der Waals surface area contributed by atoms with Crippen LogP contribution in [0.2, 0.25) is 0 Å². The number of amides is 1. The normalized spacial score (nSPS) is 15.7. The summed E-state index contributed by atoms with van der Waals surface area (Å²) in [6.45, 7) is 4.74. The topological polar surface area (TPSA) is 48.5 Å². The summed E-state index contributed by atoms with van der Waals surface area (Å²) in [4.78, 5) is 21.0. The van der Waals surface area contributed by atoms with Crippen molar-refractivity contribution in [2.75, 3.05) is 42.9 Å². The predicted molar refractivity (Wildman–Crippen MR) is 90.5 cm³/mol. The molecule has 1 aliphatic rings. The molecule has 116 valence electrons. The minimum absolute atomic E-state index is 0.0774. The molecule has 6 heteroatoms. The van der Waals surface area contributed by atoms with Gasteiger partial charge in [-0.05, 0) is 12.1 Å². The number of thiazole rings is 1. The van der Waals surface area contributed by atoms with Gasteiger partial charge in [0.05, 0.1) is 0 Å². The van der Waals surface area contributed by atoms with Crippen LogP contribution < -0.4 is 10.2 Å². The van der Waals surface area contributed by atoms with E-state index >= 15 is 0 Å². The van der Waals surface area contributed by atoms with Crippen LogP contribution in [0, 0.1) is 0 Å². The van der Waals surface area contributed by atoms with Gasteiger partial charge in [0.25, 0.3) is 0 Å². The predicted octanol–water partition coefficient (Wildman–Crippen LogP) is 2.29. The average Bonchev–Trinajstić information content (AvgIpc) is 3.09. The first-order valence-corrected chi connectivity index (χ1v) is 8.41. The molecule has 2 aromatic rings. The fourth-order valence-electron chi connectivity index (χ4n) is 2.54. The third-order valence-electron chi connectivity index (χ3n) is 3.77. The van der Waals surface area contributed by atoms with Gasteiger partial charge in [-0.1, -0.05) is 18.2 Å². The van der Waals surface area contributed by atoms with E-state index in [2.05, 4.69) is 20.1 Å². The van der Waals surface area contributed by atoms with Gasteiger partial charge in [-0.3, -0.25) is 9.69 Å². The minimum atomic E-state index is 0.0774. The van der Waals surface area contributed by atoms with Crippen LogP contribution in [-0.4, -0.2) is 48.5 Å². The monoisotopic (exact) mass is 316 g/mol. The SMILES string of the molecule is O=C(CCN1CCN(c2nccs2)CC1)Nc1ccccc1. The maximum atomic E-state index is 11.9. The van der Waals surface area contributed by atoms with Crippen LogP contribution in [-0.2, 0) is 4.79 Å². The third-order valence-corrected chi connectivity index (χ3v) is 4.61. The van der Waals surface area contributed by atoms with Gasteiger partial charge in [0, 0.05) is 56.4 Å². The second kappa shape index (κ2) is 7.38. The fraction of sp³-hybridized carbons (Fsp3) is 0.375. The number of rotatable bonds is 5. The number of nitrogens with one attached hydrogen (secondary N) is 1. The molecule has 0 saturated carbocycles. The van der Waals surface area contributed by atoms with Gasteiger partial charge >= 0.3 is 0 Å². The Morgan fingerprint density at radius 2 is 1.95 bits per heavy atom. The molecule has 0 bridgehead atoms. The van der Waals surface area contributed by atoms with Crippen molar-refractivity contribution < 1.29 is 4.79 Å². The highest BCUT2D eigenvalue weighted by molar-refractivity contribution is 7.13. The van der Waals surface area contributed by atoms with Gasteiger partial charge in [0.2, 0.25) is 5.91 Å². The third kappa shape index (κ3) is 4.05. The highest BCUT2D eigenvalue weighted by Crippen LogP contribution is 2.18. The van der Waals surface area contributed by atoms with Gasteiger partial charge in [-0.25, -0.2) is 4.98 Å². The van der Waals surface area contributed by atoms with Crippen molar-refractivity contribution >= 4 is 28.1 Å². The first-order chi connectivity index (χ1) is 10.8. The number of anilines is 2. The lowest BCUT2D eigenvalue weighted by Gasteiger charge is -2.34. The summed E-state index contributed by atoms with van der Waals surface area (Å²) in [5, 5.41) is 6.04. The van der Waals surface area contributed by atoms with Crippen LogP contribution in [0.5, 0.6) is 0 Å². The molecule has 5 nitrogen and oxygen atoms in total. The number of nitrogens with zero attached hydrogens (tertiary/aromatic N) is 3. The van der Waals surface area contributed by atoms with Crippen molar-refractivity contribution in [3.8, 4) is 0 Å². The molecule has 1 aromatic heterocycles. The van der Waals surface area contributed by atoms with Crippen molar-refractivity contribution in [1.29, 1.82) is 0 Å². The average molecular weight is 316 g/mol. The van der Waals surface area contributed by atoms with Crippen LogP contribution >= 0.6 is 11.3 Å². The van der Waals surface area contributed by atoms with Crippen LogP contribution in [0.4, 0.5) is 10.8 Å². The van der Waals surface area contributed by atoms with Crippen LogP contribution in [0.1, 0.15) is 6.42 Å². The molecule has 2 heterocycles. The van der Waals surface area contributed by atoms with Crippen molar-refractivity contribution in [2.24, 2.45) is 0 Å². The number of hydrogen-bond donors (Lipinski definition) is 1. The Morgan fingerprint density at radius 1 is 1.18 bits per heavy atom. The van der Waals surface area contributed by atoms with E-state index in [4.69, 9.17) is 0 Å². The molecule has 0 atom stereocenters. The molecular formula is C16H20N4OS. The van der Waals surface area contributed by atoms with Crippen LogP contribution in [0.25, 0.3) is 0 Å². The quantitative estimate of drug-likeness (QED) is 0.919. The van der Waals surface area contributed by atoms with Gasteiger partial charge in [0.15, 0.2) is 5.13 Å². The van der Waals surface area contributed by atoms with E-state index in [1.54, 1.807) is 11.3 Å². The molecular weight excluding hydrogens is 296 g/mol. The summed E-state index contributed by atoms with van der Waals surface area (Å²) in [6.07, 6.45) is 2.38. The lowest BCUT2D eigenvalue weighted by Crippen LogP contribution is -2.47. The molecule has 0 unspecified atom stereocenters. The van der Waals surface area contributed by atoms with Crippen LogP contribution in [0.15, 0.2) is 41.9 Å². The molecule has 1 N–H and O–H groups in total. The fourth-order valence-corrected chi connectivity index (χ4v) is 3.24. The van der Waals surface area contributed by atoms with E-state index in [-0.39, 0.29) is 5.91 Å². The molecule has 0 aliphatic carbocycles. The van der Waals surface area contributed by atoms with E-state index in [9.17, 15) is 4.79 Å². The number of hydrogen-bond acceptors (Lipinski definition) is 5. The molecule has 22 heavy (non-hydrogen) atoms. The summed E-state index contributed by atoms with van der Waals surface area (Å²) in [5.74, 6) is 0.0774. The highest BCUT2D eigenvalue weighted by atomic mass is 32.1. The summed E-state index contributed by atoms with van der Waals surface area (Å²) >= 11 is 1.68. The minimum Gasteiger partial charge on any atom is -0.346 e. The summed E-state index contributed by atoms with van der Waals surface area (Å²) in [7, 11) is 0.